The van der Waals surface area contributed by atoms with E-state index in [9.17, 15) is 18.0 Å². The highest BCUT2D eigenvalue weighted by atomic mass is 32.2. The number of nitrogens with one attached hydrogen (secondary N) is 1. The van der Waals surface area contributed by atoms with Crippen molar-refractivity contribution in [3.05, 3.63) is 48.0 Å². The molecule has 1 spiro atoms. The topological polar surface area (TPSA) is 113 Å². The molecule has 1 aliphatic carbocycles. The van der Waals surface area contributed by atoms with Gasteiger partial charge in [0.05, 0.1) is 4.90 Å². The van der Waals surface area contributed by atoms with Crippen LogP contribution in [0.4, 0.5) is 0 Å². The largest absolute Gasteiger partial charge is 0.431 e. The summed E-state index contributed by atoms with van der Waals surface area (Å²) in [6, 6.07) is 10.3. The van der Waals surface area contributed by atoms with Crippen molar-refractivity contribution in [2.45, 2.75) is 83.1 Å². The number of nitrogens with zero attached hydrogens (tertiary/aromatic N) is 3. The van der Waals surface area contributed by atoms with Gasteiger partial charge in [0.2, 0.25) is 10.0 Å². The highest BCUT2D eigenvalue weighted by Crippen LogP contribution is 2.44. The molecule has 2 saturated heterocycles. The summed E-state index contributed by atoms with van der Waals surface area (Å²) in [7, 11) is -3.85. The zero-order chi connectivity index (χ0) is 30.6. The van der Waals surface area contributed by atoms with E-state index in [0.717, 1.165) is 25.7 Å². The lowest BCUT2D eigenvalue weighted by Crippen LogP contribution is -2.59. The van der Waals surface area contributed by atoms with Crippen LogP contribution in [0.3, 0.4) is 0 Å². The predicted molar refractivity (Wildman–Crippen MR) is 165 cm³/mol. The van der Waals surface area contributed by atoms with Gasteiger partial charge in [0.25, 0.3) is 11.8 Å². The molecule has 3 aliphatic rings. The fourth-order valence-corrected chi connectivity index (χ4v) is 8.55. The van der Waals surface area contributed by atoms with Crippen molar-refractivity contribution in [3.63, 3.8) is 0 Å². The minimum absolute atomic E-state index is 0.0930. The fraction of sp³-hybridized carbons (Fsp3) is 0.545. The van der Waals surface area contributed by atoms with E-state index in [1.807, 2.05) is 12.1 Å². The minimum Gasteiger partial charge on any atom is -0.431 e. The fourth-order valence-electron chi connectivity index (χ4n) is 6.92. The Morgan fingerprint density at radius 3 is 2.23 bits per heavy atom. The van der Waals surface area contributed by atoms with E-state index in [1.54, 1.807) is 48.8 Å². The van der Waals surface area contributed by atoms with Gasteiger partial charge in [0.15, 0.2) is 11.5 Å². The van der Waals surface area contributed by atoms with Gasteiger partial charge in [0.1, 0.15) is 0 Å². The van der Waals surface area contributed by atoms with Crippen LogP contribution in [0.1, 0.15) is 93.8 Å². The Morgan fingerprint density at radius 2 is 1.58 bits per heavy atom. The van der Waals surface area contributed by atoms with E-state index in [2.05, 4.69) is 16.6 Å². The van der Waals surface area contributed by atoms with Gasteiger partial charge in [-0.05, 0) is 69.9 Å². The summed E-state index contributed by atoms with van der Waals surface area (Å²) in [4.78, 5) is 35.8. The molecule has 2 aromatic carbocycles. The second-order valence-electron chi connectivity index (χ2n) is 13.9. The third-order valence-corrected chi connectivity index (χ3v) is 11.0. The maximum absolute atomic E-state index is 13.9. The molecule has 6 rings (SSSR count). The number of rotatable bonds is 5. The molecular weight excluding hydrogens is 564 g/mol. The smallest absolute Gasteiger partial charge is 0.309 e. The molecule has 3 fully saturated rings. The van der Waals surface area contributed by atoms with Gasteiger partial charge in [-0.25, -0.2) is 13.1 Å². The Labute approximate surface area is 254 Å². The average Bonchev–Trinajstić information content (AvgIpc) is 3.39. The van der Waals surface area contributed by atoms with Crippen LogP contribution in [0.5, 0.6) is 0 Å². The number of aromatic nitrogens is 1. The van der Waals surface area contributed by atoms with Crippen molar-refractivity contribution in [2.75, 3.05) is 26.2 Å². The summed E-state index contributed by atoms with van der Waals surface area (Å²) in [5.41, 5.74) is 0.153. The van der Waals surface area contributed by atoms with Crippen molar-refractivity contribution in [3.8, 4) is 11.3 Å². The summed E-state index contributed by atoms with van der Waals surface area (Å²) < 4.78 is 35.8. The number of oxazole rings is 1. The molecular formula is C33H42N4O5S. The second kappa shape index (κ2) is 11.0. The number of fused-ring (bicyclic) bond motifs is 1. The molecule has 1 saturated carbocycles. The average molecular weight is 607 g/mol. The van der Waals surface area contributed by atoms with E-state index < -0.39 is 15.6 Å². The van der Waals surface area contributed by atoms with Crippen LogP contribution in [0, 0.1) is 11.3 Å². The second-order valence-corrected chi connectivity index (χ2v) is 15.6. The van der Waals surface area contributed by atoms with Crippen molar-refractivity contribution < 1.29 is 22.4 Å². The number of benzene rings is 2. The van der Waals surface area contributed by atoms with Gasteiger partial charge in [-0.1, -0.05) is 50.5 Å². The molecule has 3 aromatic rings. The van der Waals surface area contributed by atoms with Crippen LogP contribution in [-0.4, -0.2) is 66.7 Å². The number of hydrogen-bond acceptors (Lipinski definition) is 6. The van der Waals surface area contributed by atoms with Crippen LogP contribution in [0.25, 0.3) is 22.1 Å². The van der Waals surface area contributed by atoms with Crippen LogP contribution < -0.4 is 4.72 Å². The first-order chi connectivity index (χ1) is 20.4. The third kappa shape index (κ3) is 5.83. The first-order valence-corrected chi connectivity index (χ1v) is 17.0. The Morgan fingerprint density at radius 1 is 0.930 bits per heavy atom. The highest BCUT2D eigenvalue weighted by Gasteiger charge is 2.47. The van der Waals surface area contributed by atoms with E-state index >= 15 is 0 Å². The molecule has 2 aliphatic heterocycles. The summed E-state index contributed by atoms with van der Waals surface area (Å²) >= 11 is 0. The van der Waals surface area contributed by atoms with E-state index in [-0.39, 0.29) is 39.5 Å². The molecule has 1 aromatic heterocycles. The van der Waals surface area contributed by atoms with Crippen LogP contribution in [0.15, 0.2) is 45.7 Å². The molecule has 9 nitrogen and oxygen atoms in total. The van der Waals surface area contributed by atoms with Gasteiger partial charge in [0, 0.05) is 48.1 Å². The highest BCUT2D eigenvalue weighted by molar-refractivity contribution is 7.89. The van der Waals surface area contributed by atoms with Gasteiger partial charge in [-0.15, -0.1) is 0 Å². The lowest BCUT2D eigenvalue weighted by Gasteiger charge is -2.52. The van der Waals surface area contributed by atoms with E-state index in [1.165, 1.54) is 25.3 Å². The normalized spacial score (nSPS) is 19.5. The molecule has 0 atom stereocenters. The number of hydrogen-bond donors (Lipinski definition) is 1. The van der Waals surface area contributed by atoms with Crippen molar-refractivity contribution >= 4 is 32.6 Å². The molecule has 1 N–H and O–H groups in total. The number of likely N-dealkylation sites (tertiary alicyclic amines) is 2. The van der Waals surface area contributed by atoms with Gasteiger partial charge < -0.3 is 14.2 Å². The summed E-state index contributed by atoms with van der Waals surface area (Å²) in [6.45, 7) is 10.2. The summed E-state index contributed by atoms with van der Waals surface area (Å²) in [6.07, 6.45) is 7.71. The molecule has 0 unspecified atom stereocenters. The lowest BCUT2D eigenvalue weighted by atomic mass is 9.68. The van der Waals surface area contributed by atoms with Crippen molar-refractivity contribution in [1.29, 1.82) is 0 Å². The van der Waals surface area contributed by atoms with Gasteiger partial charge in [-0.3, -0.25) is 9.59 Å². The summed E-state index contributed by atoms with van der Waals surface area (Å²) in [5.74, 6) is 0.0684. The number of carbonyl (C=O) groups is 2. The number of piperidine rings is 1. The molecule has 2 amide bonds. The zero-order valence-corrected chi connectivity index (χ0v) is 26.4. The Kier molecular flexibility index (Phi) is 7.65. The first kappa shape index (κ1) is 29.8. The standard InChI is InChI=1S/C33H42N4O5S/c1-22-14-18-36(19-15-22)30(38)27-28(42-29(34-27)31(39)37-20-33(21-37)16-8-5-9-17-33)25-12-13-26(24-11-7-6-10-23(24)25)43(40,41)35-32(2,3)4/h6-7,10-13,22,35H,5,8-9,14-21H2,1-4H3. The van der Waals surface area contributed by atoms with Crippen molar-refractivity contribution in [1.82, 2.24) is 19.5 Å². The van der Waals surface area contributed by atoms with Crippen molar-refractivity contribution in [2.24, 2.45) is 11.3 Å². The number of carbonyl (C=O) groups excluding carboxylic acids is 2. The third-order valence-electron chi connectivity index (χ3n) is 9.20. The monoisotopic (exact) mass is 606 g/mol. The minimum atomic E-state index is -3.85. The predicted octanol–water partition coefficient (Wildman–Crippen LogP) is 5.85. The molecule has 3 heterocycles. The molecule has 0 bridgehead atoms. The lowest BCUT2D eigenvalue weighted by molar-refractivity contribution is -0.0176. The zero-order valence-electron chi connectivity index (χ0n) is 25.6. The van der Waals surface area contributed by atoms with Crippen LogP contribution >= 0.6 is 0 Å². The maximum atomic E-state index is 13.9. The van der Waals surface area contributed by atoms with Gasteiger partial charge >= 0.3 is 5.91 Å². The first-order valence-electron chi connectivity index (χ1n) is 15.5. The maximum Gasteiger partial charge on any atom is 0.309 e. The van der Waals surface area contributed by atoms with Crippen LogP contribution in [0.2, 0.25) is 0 Å². The molecule has 43 heavy (non-hydrogen) atoms. The molecule has 0 radical (unpaired) electrons. The Balaban J connectivity index is 1.41. The quantitative estimate of drug-likeness (QED) is 0.390. The number of amides is 2. The Hall–Kier alpha value is -3.24. The number of sulfonamides is 1. The Bertz CT molecular complexity index is 1650. The summed E-state index contributed by atoms with van der Waals surface area (Å²) in [5, 5.41) is 1.09. The molecule has 10 heteroatoms. The van der Waals surface area contributed by atoms with E-state index in [4.69, 9.17) is 4.42 Å². The van der Waals surface area contributed by atoms with E-state index in [0.29, 0.717) is 48.4 Å². The van der Waals surface area contributed by atoms with Gasteiger partial charge in [-0.2, -0.15) is 4.98 Å². The SMILES string of the molecule is CC1CCN(C(=O)c2nc(C(=O)N3CC4(CCCCC4)C3)oc2-c2ccc(S(=O)(=O)NC(C)(C)C)c3ccccc23)CC1. The molecule has 230 valence electrons. The van der Waals surface area contributed by atoms with Crippen LogP contribution in [-0.2, 0) is 10.0 Å².